The molecule has 3 rings (SSSR count). The van der Waals surface area contributed by atoms with Crippen LogP contribution in [0, 0.1) is 0 Å². The average Bonchev–Trinajstić information content (AvgIpc) is 3.23. The van der Waals surface area contributed by atoms with E-state index in [1.54, 1.807) is 27.0 Å². The highest BCUT2D eigenvalue weighted by Gasteiger charge is 2.27. The van der Waals surface area contributed by atoms with Gasteiger partial charge >= 0.3 is 12.1 Å². The Labute approximate surface area is 197 Å². The highest BCUT2D eigenvalue weighted by Crippen LogP contribution is 2.39. The number of nitrogens with zero attached hydrogens (tertiary/aromatic N) is 1. The summed E-state index contributed by atoms with van der Waals surface area (Å²) >= 11 is 1.42. The van der Waals surface area contributed by atoms with Gasteiger partial charge in [-0.15, -0.1) is 11.3 Å². The highest BCUT2D eigenvalue weighted by atomic mass is 32.2. The lowest BCUT2D eigenvalue weighted by molar-refractivity contribution is 0.0696. The van der Waals surface area contributed by atoms with Crippen LogP contribution >= 0.6 is 11.3 Å². The van der Waals surface area contributed by atoms with Crippen molar-refractivity contribution in [3.05, 3.63) is 35.0 Å². The lowest BCUT2D eigenvalue weighted by Gasteiger charge is -2.28. The van der Waals surface area contributed by atoms with Gasteiger partial charge in [-0.25, -0.2) is 27.7 Å². The second-order valence-electron chi connectivity index (χ2n) is 8.23. The smallest absolute Gasteiger partial charge is 0.407 e. The Balaban J connectivity index is 1.77. The minimum absolute atomic E-state index is 0.0624. The van der Waals surface area contributed by atoms with E-state index in [4.69, 9.17) is 4.74 Å². The van der Waals surface area contributed by atoms with Crippen LogP contribution in [0.2, 0.25) is 0 Å². The van der Waals surface area contributed by atoms with Crippen molar-refractivity contribution >= 4 is 33.4 Å². The number of nitrogens with one attached hydrogen (secondary N) is 2. The SMILES string of the molecule is CCNS(=O)(=O)c1cc(C(=O)O)ccc1-c1cnc([C@H]2CC[C@H](NC(=O)OC(C)C)CC2)s1. The predicted molar refractivity (Wildman–Crippen MR) is 125 cm³/mol. The van der Waals surface area contributed by atoms with Crippen LogP contribution in [-0.4, -0.2) is 49.3 Å². The highest BCUT2D eigenvalue weighted by molar-refractivity contribution is 7.89. The van der Waals surface area contributed by atoms with Gasteiger partial charge in [0.2, 0.25) is 10.0 Å². The zero-order chi connectivity index (χ0) is 24.2. The quantitative estimate of drug-likeness (QED) is 0.504. The standard InChI is InChI=1S/C22H29N3O6S2/c1-4-24-33(29,30)19-11-15(21(26)27)7-10-17(19)18-12-23-20(32-18)14-5-8-16(9-6-14)25-22(28)31-13(2)3/h7,10-14,16,24H,4-6,8-9H2,1-3H3,(H,25,28)(H,26,27)/t14-,16-. The van der Waals surface area contributed by atoms with Crippen molar-refractivity contribution in [1.82, 2.24) is 15.0 Å². The number of carbonyl (C=O) groups excluding carboxylic acids is 1. The first-order valence-electron chi connectivity index (χ1n) is 10.9. The number of thiazole rings is 1. The van der Waals surface area contributed by atoms with Crippen LogP contribution in [0.5, 0.6) is 0 Å². The van der Waals surface area contributed by atoms with E-state index in [0.29, 0.717) is 10.4 Å². The van der Waals surface area contributed by atoms with Crippen molar-refractivity contribution in [3.63, 3.8) is 0 Å². The molecule has 0 radical (unpaired) electrons. The number of rotatable bonds is 8. The zero-order valence-electron chi connectivity index (χ0n) is 18.8. The number of aromatic nitrogens is 1. The Morgan fingerprint density at radius 2 is 1.94 bits per heavy atom. The van der Waals surface area contributed by atoms with E-state index in [1.165, 1.54) is 29.5 Å². The van der Waals surface area contributed by atoms with E-state index in [1.807, 2.05) is 0 Å². The Morgan fingerprint density at radius 1 is 1.24 bits per heavy atom. The van der Waals surface area contributed by atoms with Crippen molar-refractivity contribution in [2.24, 2.45) is 0 Å². The van der Waals surface area contributed by atoms with E-state index >= 15 is 0 Å². The maximum atomic E-state index is 12.7. The predicted octanol–water partition coefficient (Wildman–Crippen LogP) is 3.97. The zero-order valence-corrected chi connectivity index (χ0v) is 20.5. The second-order valence-corrected chi connectivity index (χ2v) is 11.0. The number of alkyl carbamates (subject to hydrolysis) is 1. The van der Waals surface area contributed by atoms with Crippen LogP contribution in [0.15, 0.2) is 29.3 Å². The summed E-state index contributed by atoms with van der Waals surface area (Å²) in [6.07, 6.45) is 4.39. The van der Waals surface area contributed by atoms with Crippen LogP contribution in [0.4, 0.5) is 4.79 Å². The first-order valence-corrected chi connectivity index (χ1v) is 13.2. The normalized spacial score (nSPS) is 18.8. The molecular weight excluding hydrogens is 466 g/mol. The van der Waals surface area contributed by atoms with Gasteiger partial charge in [0, 0.05) is 30.3 Å². The fourth-order valence-corrected chi connectivity index (χ4v) is 6.33. The minimum Gasteiger partial charge on any atom is -0.478 e. The summed E-state index contributed by atoms with van der Waals surface area (Å²) < 4.78 is 33.1. The first-order chi connectivity index (χ1) is 15.6. The molecule has 0 atom stereocenters. The fraction of sp³-hybridized carbons (Fsp3) is 0.500. The van der Waals surface area contributed by atoms with Crippen LogP contribution < -0.4 is 10.0 Å². The molecule has 11 heteroatoms. The first kappa shape index (κ1) is 25.1. The molecule has 180 valence electrons. The van der Waals surface area contributed by atoms with Gasteiger partial charge in [-0.1, -0.05) is 13.0 Å². The molecule has 0 saturated heterocycles. The molecule has 1 heterocycles. The monoisotopic (exact) mass is 495 g/mol. The molecule has 1 amide bonds. The third-order valence-corrected chi connectivity index (χ3v) is 8.16. The number of amides is 1. The summed E-state index contributed by atoms with van der Waals surface area (Å²) in [4.78, 5) is 28.3. The van der Waals surface area contributed by atoms with Crippen molar-refractivity contribution in [2.45, 2.75) is 69.4 Å². The molecule has 1 aromatic heterocycles. The molecule has 0 unspecified atom stereocenters. The van der Waals surface area contributed by atoms with E-state index in [-0.39, 0.29) is 35.1 Å². The lowest BCUT2D eigenvalue weighted by atomic mass is 9.86. The van der Waals surface area contributed by atoms with Gasteiger partial charge in [-0.05, 0) is 51.7 Å². The Bertz CT molecular complexity index is 1110. The summed E-state index contributed by atoms with van der Waals surface area (Å²) in [6, 6.07) is 4.16. The number of carbonyl (C=O) groups is 2. The summed E-state index contributed by atoms with van der Waals surface area (Å²) in [5.41, 5.74) is 0.332. The molecular formula is C22H29N3O6S2. The molecule has 9 nitrogen and oxygen atoms in total. The third-order valence-electron chi connectivity index (χ3n) is 5.38. The van der Waals surface area contributed by atoms with Gasteiger partial charge in [0.1, 0.15) is 0 Å². The van der Waals surface area contributed by atoms with E-state index in [9.17, 15) is 23.1 Å². The number of hydrogen-bond donors (Lipinski definition) is 3. The molecule has 1 aromatic carbocycles. The van der Waals surface area contributed by atoms with Gasteiger partial charge in [-0.3, -0.25) is 0 Å². The molecule has 2 aromatic rings. The summed E-state index contributed by atoms with van der Waals surface area (Å²) in [5, 5.41) is 13.1. The molecule has 1 saturated carbocycles. The van der Waals surface area contributed by atoms with Gasteiger partial charge in [-0.2, -0.15) is 0 Å². The van der Waals surface area contributed by atoms with E-state index in [2.05, 4.69) is 15.0 Å². The van der Waals surface area contributed by atoms with Crippen molar-refractivity contribution < 1.29 is 27.9 Å². The minimum atomic E-state index is -3.87. The molecule has 0 aliphatic heterocycles. The number of carboxylic acids is 1. The molecule has 1 aliphatic rings. The largest absolute Gasteiger partial charge is 0.478 e. The molecule has 1 fully saturated rings. The number of sulfonamides is 1. The molecule has 33 heavy (non-hydrogen) atoms. The third kappa shape index (κ3) is 6.30. The number of aromatic carboxylic acids is 1. The maximum absolute atomic E-state index is 12.7. The van der Waals surface area contributed by atoms with Crippen molar-refractivity contribution in [3.8, 4) is 10.4 Å². The van der Waals surface area contributed by atoms with Gasteiger partial charge in [0.05, 0.1) is 26.4 Å². The van der Waals surface area contributed by atoms with Gasteiger partial charge < -0.3 is 15.2 Å². The topological polar surface area (TPSA) is 135 Å². The maximum Gasteiger partial charge on any atom is 0.407 e. The van der Waals surface area contributed by atoms with Crippen molar-refractivity contribution in [2.75, 3.05) is 6.54 Å². The molecule has 1 aliphatic carbocycles. The molecule has 0 bridgehead atoms. The van der Waals surface area contributed by atoms with Gasteiger partial charge in [0.15, 0.2) is 0 Å². The molecule has 0 spiro atoms. The van der Waals surface area contributed by atoms with Crippen molar-refractivity contribution in [1.29, 1.82) is 0 Å². The Morgan fingerprint density at radius 3 is 2.55 bits per heavy atom. The van der Waals surface area contributed by atoms with Crippen LogP contribution in [0.25, 0.3) is 10.4 Å². The summed E-state index contributed by atoms with van der Waals surface area (Å²) in [5.74, 6) is -0.975. The van der Waals surface area contributed by atoms with E-state index in [0.717, 1.165) is 30.7 Å². The Kier molecular flexibility index (Phi) is 8.09. The second kappa shape index (κ2) is 10.6. The lowest BCUT2D eigenvalue weighted by Crippen LogP contribution is -2.38. The number of carboxylic acid groups (broad SMARTS) is 1. The number of hydrogen-bond acceptors (Lipinski definition) is 7. The fourth-order valence-electron chi connectivity index (χ4n) is 3.85. The summed E-state index contributed by atoms with van der Waals surface area (Å²) in [7, 11) is -3.87. The number of benzene rings is 1. The number of ether oxygens (including phenoxy) is 1. The summed E-state index contributed by atoms with van der Waals surface area (Å²) in [6.45, 7) is 5.47. The van der Waals surface area contributed by atoms with Crippen LogP contribution in [-0.2, 0) is 14.8 Å². The molecule has 3 N–H and O–H groups in total. The Hall–Kier alpha value is -2.50. The average molecular weight is 496 g/mol. The van der Waals surface area contributed by atoms with E-state index < -0.39 is 22.1 Å². The van der Waals surface area contributed by atoms with Crippen LogP contribution in [0.1, 0.15) is 67.7 Å². The van der Waals surface area contributed by atoms with Gasteiger partial charge in [0.25, 0.3) is 0 Å². The van der Waals surface area contributed by atoms with Crippen LogP contribution in [0.3, 0.4) is 0 Å².